The van der Waals surface area contributed by atoms with Gasteiger partial charge in [-0.2, -0.15) is 0 Å². The maximum Gasteiger partial charge on any atom is 0.339 e. The van der Waals surface area contributed by atoms with Crippen molar-refractivity contribution in [3.8, 4) is 16.9 Å². The zero-order valence-corrected chi connectivity index (χ0v) is 20.2. The van der Waals surface area contributed by atoms with Crippen LogP contribution in [0.3, 0.4) is 0 Å². The van der Waals surface area contributed by atoms with Crippen molar-refractivity contribution in [2.45, 2.75) is 31.8 Å². The number of rotatable bonds is 9. The third-order valence-electron chi connectivity index (χ3n) is 6.67. The second-order valence-electron chi connectivity index (χ2n) is 9.21. The Hall–Kier alpha value is -3.55. The molecular weight excluding hydrogens is 457 g/mol. The molecule has 1 aliphatic rings. The molecule has 1 aliphatic heterocycles. The van der Waals surface area contributed by atoms with Gasteiger partial charge in [-0.05, 0) is 73.8 Å². The second kappa shape index (κ2) is 11.5. The summed E-state index contributed by atoms with van der Waals surface area (Å²) in [4.78, 5) is 18.7. The molecule has 0 saturated carbocycles. The Morgan fingerprint density at radius 2 is 1.89 bits per heavy atom. The van der Waals surface area contributed by atoms with Gasteiger partial charge in [-0.15, -0.1) is 0 Å². The van der Waals surface area contributed by atoms with E-state index < -0.39 is 5.63 Å². The third kappa shape index (κ3) is 6.17. The van der Waals surface area contributed by atoms with Crippen molar-refractivity contribution < 1.29 is 13.5 Å². The molecule has 0 bridgehead atoms. The molecule has 7 heteroatoms. The largest absolute Gasteiger partial charge is 0.492 e. The van der Waals surface area contributed by atoms with E-state index in [0.717, 1.165) is 67.5 Å². The van der Waals surface area contributed by atoms with Crippen LogP contribution in [-0.4, -0.2) is 42.2 Å². The molecule has 0 spiro atoms. The molecule has 1 N–H and O–H groups in total. The summed E-state index contributed by atoms with van der Waals surface area (Å²) in [5, 5.41) is 4.37. The van der Waals surface area contributed by atoms with Gasteiger partial charge in [0.1, 0.15) is 17.1 Å². The molecule has 0 unspecified atom stereocenters. The molecule has 36 heavy (non-hydrogen) atoms. The minimum absolute atomic E-state index is 0.199. The number of nitrogens with zero attached hydrogens (tertiary/aromatic N) is 2. The Morgan fingerprint density at radius 1 is 1.06 bits per heavy atom. The Kier molecular flexibility index (Phi) is 7.69. The first kappa shape index (κ1) is 24.2. The fourth-order valence-electron chi connectivity index (χ4n) is 4.66. The van der Waals surface area contributed by atoms with Gasteiger partial charge in [0, 0.05) is 37.1 Å². The van der Waals surface area contributed by atoms with E-state index >= 15 is 0 Å². The predicted octanol–water partition coefficient (Wildman–Crippen LogP) is 5.02. The molecule has 0 amide bonds. The summed E-state index contributed by atoms with van der Waals surface area (Å²) >= 11 is 0. The first-order chi connectivity index (χ1) is 17.6. The van der Waals surface area contributed by atoms with Gasteiger partial charge in [0.05, 0.1) is 18.1 Å². The fraction of sp³-hybridized carbons (Fsp3) is 0.310. The maximum absolute atomic E-state index is 13.1. The lowest BCUT2D eigenvalue weighted by atomic mass is 10.0. The van der Waals surface area contributed by atoms with Gasteiger partial charge in [-0.25, -0.2) is 9.18 Å². The summed E-state index contributed by atoms with van der Waals surface area (Å²) in [5.41, 5.74) is 3.09. The Morgan fingerprint density at radius 3 is 2.67 bits per heavy atom. The standard InChI is InChI=1S/C29H30FN3O3/c30-24-7-4-21(5-8-24)19-32-25-10-14-33(15-11-25)13-2-16-35-27-18-29(34)36-28-17-22(6-9-26(27)28)23-3-1-12-31-20-23/h1,3-9,12,17-18,20,25,32H,2,10-11,13-16,19H2. The lowest BCUT2D eigenvalue weighted by Gasteiger charge is -2.32. The number of hydrogen-bond donors (Lipinski definition) is 1. The number of aromatic nitrogens is 1. The Bertz CT molecular complexity index is 1330. The first-order valence-corrected chi connectivity index (χ1v) is 12.5. The summed E-state index contributed by atoms with van der Waals surface area (Å²) in [6.45, 7) is 4.33. The molecule has 6 nitrogen and oxygen atoms in total. The molecule has 1 fully saturated rings. The van der Waals surface area contributed by atoms with Crippen LogP contribution in [0.4, 0.5) is 4.39 Å². The van der Waals surface area contributed by atoms with E-state index in [4.69, 9.17) is 9.15 Å². The Labute approximate surface area is 209 Å². The van der Waals surface area contributed by atoms with Crippen LogP contribution in [0.2, 0.25) is 0 Å². The van der Waals surface area contributed by atoms with E-state index in [9.17, 15) is 9.18 Å². The molecule has 2 aromatic carbocycles. The SMILES string of the molecule is O=c1cc(OCCCN2CCC(NCc3ccc(F)cc3)CC2)c2ccc(-c3cccnc3)cc2o1. The van der Waals surface area contributed by atoms with Crippen LogP contribution in [0, 0.1) is 5.82 Å². The summed E-state index contributed by atoms with van der Waals surface area (Å²) in [6, 6.07) is 18.2. The average Bonchev–Trinajstić information content (AvgIpc) is 2.91. The molecule has 0 atom stereocenters. The Balaban J connectivity index is 1.09. The van der Waals surface area contributed by atoms with E-state index in [2.05, 4.69) is 15.2 Å². The zero-order chi connectivity index (χ0) is 24.7. The van der Waals surface area contributed by atoms with Crippen molar-refractivity contribution in [1.82, 2.24) is 15.2 Å². The van der Waals surface area contributed by atoms with Crippen molar-refractivity contribution in [2.75, 3.05) is 26.2 Å². The normalized spacial score (nSPS) is 14.8. The number of fused-ring (bicyclic) bond motifs is 1. The molecule has 5 rings (SSSR count). The van der Waals surface area contributed by atoms with Crippen LogP contribution in [0.25, 0.3) is 22.1 Å². The van der Waals surface area contributed by atoms with Gasteiger partial charge in [0.25, 0.3) is 0 Å². The quantitative estimate of drug-likeness (QED) is 0.264. The average molecular weight is 488 g/mol. The highest BCUT2D eigenvalue weighted by Crippen LogP contribution is 2.28. The van der Waals surface area contributed by atoms with Gasteiger partial charge in [0.2, 0.25) is 0 Å². The second-order valence-corrected chi connectivity index (χ2v) is 9.21. The number of nitrogens with one attached hydrogen (secondary N) is 1. The molecule has 1 saturated heterocycles. The number of halogens is 1. The van der Waals surface area contributed by atoms with E-state index in [1.807, 2.05) is 42.5 Å². The van der Waals surface area contributed by atoms with Gasteiger partial charge < -0.3 is 19.4 Å². The molecule has 0 radical (unpaired) electrons. The van der Waals surface area contributed by atoms with Crippen LogP contribution in [0.15, 0.2) is 82.3 Å². The van der Waals surface area contributed by atoms with Crippen molar-refractivity contribution >= 4 is 11.0 Å². The lowest BCUT2D eigenvalue weighted by molar-refractivity contribution is 0.182. The van der Waals surface area contributed by atoms with Gasteiger partial charge >= 0.3 is 5.63 Å². The van der Waals surface area contributed by atoms with Crippen LogP contribution in [0.5, 0.6) is 5.75 Å². The van der Waals surface area contributed by atoms with Gasteiger partial charge in [-0.3, -0.25) is 4.98 Å². The summed E-state index contributed by atoms with van der Waals surface area (Å²) in [6.07, 6.45) is 6.57. The first-order valence-electron chi connectivity index (χ1n) is 12.5. The zero-order valence-electron chi connectivity index (χ0n) is 20.2. The van der Waals surface area contributed by atoms with Crippen LogP contribution < -0.4 is 15.7 Å². The van der Waals surface area contributed by atoms with Crippen LogP contribution in [0.1, 0.15) is 24.8 Å². The minimum Gasteiger partial charge on any atom is -0.492 e. The number of benzene rings is 2. The summed E-state index contributed by atoms with van der Waals surface area (Å²) in [7, 11) is 0. The van der Waals surface area contributed by atoms with Gasteiger partial charge in [0.15, 0.2) is 0 Å². The number of hydrogen-bond acceptors (Lipinski definition) is 6. The number of pyridine rings is 1. The van der Waals surface area contributed by atoms with E-state index in [1.165, 1.54) is 18.2 Å². The van der Waals surface area contributed by atoms with Crippen molar-refractivity contribution in [3.05, 3.63) is 94.9 Å². The summed E-state index contributed by atoms with van der Waals surface area (Å²) in [5.74, 6) is 0.359. The number of likely N-dealkylation sites (tertiary alicyclic amines) is 1. The molecule has 4 aromatic rings. The van der Waals surface area contributed by atoms with Crippen molar-refractivity contribution in [3.63, 3.8) is 0 Å². The highest BCUT2D eigenvalue weighted by atomic mass is 19.1. The van der Waals surface area contributed by atoms with Crippen molar-refractivity contribution in [2.24, 2.45) is 0 Å². The minimum atomic E-state index is -0.420. The summed E-state index contributed by atoms with van der Waals surface area (Å²) < 4.78 is 24.5. The fourth-order valence-corrected chi connectivity index (χ4v) is 4.66. The monoisotopic (exact) mass is 487 g/mol. The number of piperidine rings is 1. The van der Waals surface area contributed by atoms with Crippen molar-refractivity contribution in [1.29, 1.82) is 0 Å². The predicted molar refractivity (Wildman–Crippen MR) is 139 cm³/mol. The topological polar surface area (TPSA) is 67.6 Å². The molecule has 3 heterocycles. The highest BCUT2D eigenvalue weighted by Gasteiger charge is 2.18. The van der Waals surface area contributed by atoms with E-state index in [-0.39, 0.29) is 5.82 Å². The highest BCUT2D eigenvalue weighted by molar-refractivity contribution is 5.87. The molecule has 2 aromatic heterocycles. The van der Waals surface area contributed by atoms with Crippen LogP contribution in [-0.2, 0) is 6.54 Å². The van der Waals surface area contributed by atoms with Gasteiger partial charge in [-0.1, -0.05) is 24.3 Å². The third-order valence-corrected chi connectivity index (χ3v) is 6.67. The number of ether oxygens (including phenoxy) is 1. The van der Waals surface area contributed by atoms with E-state index in [1.54, 1.807) is 12.4 Å². The molecule has 186 valence electrons. The lowest BCUT2D eigenvalue weighted by Crippen LogP contribution is -2.42. The molecule has 0 aliphatic carbocycles. The maximum atomic E-state index is 13.1. The van der Waals surface area contributed by atoms with E-state index in [0.29, 0.717) is 24.0 Å². The van der Waals surface area contributed by atoms with Crippen LogP contribution >= 0.6 is 0 Å². The molecular formula is C29H30FN3O3. The smallest absolute Gasteiger partial charge is 0.339 e.